The number of piperidine rings is 2. The number of thiophene rings is 1. The molecular formula is C25H37N3O2S. The fourth-order valence-corrected chi connectivity index (χ4v) is 6.21. The third-order valence-corrected chi connectivity index (χ3v) is 7.80. The number of nitrogens with zero attached hydrogens (tertiary/aromatic N) is 3. The molecular weight excluding hydrogens is 406 g/mol. The molecule has 2 aromatic heterocycles. The Bertz CT molecular complexity index is 741. The number of carbonyl (C=O) groups is 1. The summed E-state index contributed by atoms with van der Waals surface area (Å²) in [7, 11) is 1.74. The van der Waals surface area contributed by atoms with Crippen LogP contribution in [0.25, 0.3) is 0 Å². The van der Waals surface area contributed by atoms with E-state index in [9.17, 15) is 4.79 Å². The van der Waals surface area contributed by atoms with Crippen molar-refractivity contribution in [2.75, 3.05) is 39.9 Å². The maximum atomic E-state index is 13.6. The Balaban J connectivity index is 1.47. The molecule has 4 heterocycles. The van der Waals surface area contributed by atoms with Gasteiger partial charge in [0.2, 0.25) is 5.91 Å². The number of ether oxygens (including phenoxy) is 1. The summed E-state index contributed by atoms with van der Waals surface area (Å²) < 4.78 is 7.48. The van der Waals surface area contributed by atoms with E-state index in [-0.39, 0.29) is 11.9 Å². The number of hydrogen-bond donors (Lipinski definition) is 0. The molecule has 2 aliphatic rings. The molecule has 0 bridgehead atoms. The summed E-state index contributed by atoms with van der Waals surface area (Å²) in [6.07, 6.45) is 12.0. The summed E-state index contributed by atoms with van der Waals surface area (Å²) in [4.78, 5) is 18.5. The molecule has 170 valence electrons. The van der Waals surface area contributed by atoms with Gasteiger partial charge in [0.25, 0.3) is 0 Å². The molecule has 0 spiro atoms. The smallest absolute Gasteiger partial charge is 0.225 e. The highest BCUT2D eigenvalue weighted by molar-refractivity contribution is 7.08. The Hall–Kier alpha value is -1.63. The van der Waals surface area contributed by atoms with Crippen LogP contribution in [0.15, 0.2) is 41.4 Å². The maximum absolute atomic E-state index is 13.6. The van der Waals surface area contributed by atoms with Crippen molar-refractivity contribution in [1.82, 2.24) is 14.4 Å². The predicted molar refractivity (Wildman–Crippen MR) is 127 cm³/mol. The Kier molecular flexibility index (Phi) is 8.22. The van der Waals surface area contributed by atoms with Crippen LogP contribution in [0.5, 0.6) is 0 Å². The van der Waals surface area contributed by atoms with Crippen molar-refractivity contribution in [3.05, 3.63) is 46.9 Å². The molecule has 0 radical (unpaired) electrons. The van der Waals surface area contributed by atoms with Gasteiger partial charge in [0, 0.05) is 45.2 Å². The molecule has 3 unspecified atom stereocenters. The minimum absolute atomic E-state index is 0.0659. The Morgan fingerprint density at radius 2 is 2.06 bits per heavy atom. The van der Waals surface area contributed by atoms with E-state index in [0.717, 1.165) is 19.5 Å². The molecule has 0 aliphatic carbocycles. The lowest BCUT2D eigenvalue weighted by molar-refractivity contribution is -0.133. The lowest BCUT2D eigenvalue weighted by atomic mass is 9.83. The molecule has 0 N–H and O–H groups in total. The van der Waals surface area contributed by atoms with Gasteiger partial charge in [0.1, 0.15) is 0 Å². The normalized spacial score (nSPS) is 22.7. The summed E-state index contributed by atoms with van der Waals surface area (Å²) >= 11 is 1.70. The van der Waals surface area contributed by atoms with E-state index in [2.05, 4.69) is 43.6 Å². The molecule has 4 rings (SSSR count). The van der Waals surface area contributed by atoms with Crippen LogP contribution in [0.4, 0.5) is 0 Å². The number of fused-ring (bicyclic) bond motifs is 1. The fraction of sp³-hybridized carbons (Fsp3) is 0.640. The average Bonchev–Trinajstić information content (AvgIpc) is 3.51. The van der Waals surface area contributed by atoms with Crippen molar-refractivity contribution in [3.8, 4) is 0 Å². The molecule has 1 amide bonds. The van der Waals surface area contributed by atoms with Gasteiger partial charge in [-0.1, -0.05) is 6.42 Å². The number of methoxy groups -OCH3 is 1. The van der Waals surface area contributed by atoms with Crippen LogP contribution in [-0.2, 0) is 9.53 Å². The van der Waals surface area contributed by atoms with E-state index >= 15 is 0 Å². The van der Waals surface area contributed by atoms with Gasteiger partial charge in [0.15, 0.2) is 0 Å². The lowest BCUT2D eigenvalue weighted by Crippen LogP contribution is -2.52. The third kappa shape index (κ3) is 5.79. The van der Waals surface area contributed by atoms with Crippen molar-refractivity contribution >= 4 is 17.2 Å². The van der Waals surface area contributed by atoms with Gasteiger partial charge < -0.3 is 19.1 Å². The molecule has 2 aliphatic heterocycles. The number of hydrogen-bond acceptors (Lipinski definition) is 4. The highest BCUT2D eigenvalue weighted by Crippen LogP contribution is 2.32. The van der Waals surface area contributed by atoms with Gasteiger partial charge in [-0.05, 0) is 85.6 Å². The molecule has 6 heteroatoms. The van der Waals surface area contributed by atoms with Crippen molar-refractivity contribution in [2.24, 2.45) is 5.92 Å². The molecule has 0 saturated carbocycles. The first-order valence-electron chi connectivity index (χ1n) is 11.9. The lowest BCUT2D eigenvalue weighted by Gasteiger charge is -2.45. The minimum Gasteiger partial charge on any atom is -0.385 e. The monoisotopic (exact) mass is 443 g/mol. The number of aromatic nitrogens is 1. The zero-order valence-corrected chi connectivity index (χ0v) is 19.6. The van der Waals surface area contributed by atoms with Gasteiger partial charge in [-0.15, -0.1) is 0 Å². The Morgan fingerprint density at radius 3 is 2.84 bits per heavy atom. The summed E-state index contributed by atoms with van der Waals surface area (Å²) in [6.45, 7) is 4.87. The van der Waals surface area contributed by atoms with Crippen molar-refractivity contribution in [1.29, 1.82) is 0 Å². The van der Waals surface area contributed by atoms with Crippen molar-refractivity contribution in [2.45, 2.75) is 57.0 Å². The van der Waals surface area contributed by atoms with Gasteiger partial charge in [0.05, 0.1) is 12.5 Å². The predicted octanol–water partition coefficient (Wildman–Crippen LogP) is 4.66. The van der Waals surface area contributed by atoms with E-state index in [4.69, 9.17) is 4.74 Å². The first kappa shape index (κ1) is 22.6. The van der Waals surface area contributed by atoms with E-state index in [1.807, 2.05) is 12.1 Å². The highest BCUT2D eigenvalue weighted by atomic mass is 32.1. The highest BCUT2D eigenvalue weighted by Gasteiger charge is 2.35. The SMILES string of the molecule is COCCCN(CC1CCCN2CCCCC12)C(=O)CC(c1ccsc1)n1cccc1. The molecule has 0 aromatic carbocycles. The molecule has 31 heavy (non-hydrogen) atoms. The second-order valence-corrected chi connectivity index (χ2v) is 9.87. The van der Waals surface area contributed by atoms with E-state index < -0.39 is 0 Å². The fourth-order valence-electron chi connectivity index (χ4n) is 5.50. The summed E-state index contributed by atoms with van der Waals surface area (Å²) in [6, 6.07) is 6.96. The van der Waals surface area contributed by atoms with Gasteiger partial charge in [-0.3, -0.25) is 4.79 Å². The van der Waals surface area contributed by atoms with Crippen LogP contribution < -0.4 is 0 Å². The molecule has 5 nitrogen and oxygen atoms in total. The third-order valence-electron chi connectivity index (χ3n) is 7.10. The minimum atomic E-state index is 0.0659. The van der Waals surface area contributed by atoms with Crippen LogP contribution in [0.2, 0.25) is 0 Å². The average molecular weight is 444 g/mol. The second kappa shape index (κ2) is 11.3. The topological polar surface area (TPSA) is 37.7 Å². The zero-order valence-electron chi connectivity index (χ0n) is 18.8. The van der Waals surface area contributed by atoms with Gasteiger partial charge >= 0.3 is 0 Å². The standard InChI is InChI=1S/C25H37N3O2S/c1-30-16-7-15-28(19-21-8-6-14-26-11-3-2-9-23(21)26)25(29)18-24(22-10-17-31-20-22)27-12-4-5-13-27/h4-5,10,12-13,17,20-21,23-24H,2-3,6-9,11,14-16,18-19H2,1H3. The molecule has 2 saturated heterocycles. The van der Waals surface area contributed by atoms with Crippen molar-refractivity contribution < 1.29 is 9.53 Å². The molecule has 2 aromatic rings. The van der Waals surface area contributed by atoms with E-state index in [0.29, 0.717) is 25.0 Å². The van der Waals surface area contributed by atoms with Gasteiger partial charge in [-0.25, -0.2) is 0 Å². The van der Waals surface area contributed by atoms with E-state index in [1.54, 1.807) is 18.4 Å². The van der Waals surface area contributed by atoms with Crippen LogP contribution >= 0.6 is 11.3 Å². The Labute approximate surface area is 191 Å². The Morgan fingerprint density at radius 1 is 1.23 bits per heavy atom. The van der Waals surface area contributed by atoms with Crippen LogP contribution in [0, 0.1) is 5.92 Å². The maximum Gasteiger partial charge on any atom is 0.225 e. The number of amides is 1. The zero-order chi connectivity index (χ0) is 21.5. The van der Waals surface area contributed by atoms with Crippen LogP contribution in [0.3, 0.4) is 0 Å². The molecule has 2 fully saturated rings. The van der Waals surface area contributed by atoms with E-state index in [1.165, 1.54) is 50.8 Å². The molecule has 3 atom stereocenters. The number of rotatable bonds is 10. The first-order chi connectivity index (χ1) is 15.3. The quantitative estimate of drug-likeness (QED) is 0.501. The van der Waals surface area contributed by atoms with Crippen molar-refractivity contribution in [3.63, 3.8) is 0 Å². The number of carbonyl (C=O) groups excluding carboxylic acids is 1. The summed E-state index contributed by atoms with van der Waals surface area (Å²) in [5, 5.41) is 4.28. The van der Waals surface area contributed by atoms with Crippen LogP contribution in [0.1, 0.15) is 56.6 Å². The van der Waals surface area contributed by atoms with Crippen LogP contribution in [-0.4, -0.2) is 66.2 Å². The summed E-state index contributed by atoms with van der Waals surface area (Å²) in [5.41, 5.74) is 1.22. The largest absolute Gasteiger partial charge is 0.385 e. The summed E-state index contributed by atoms with van der Waals surface area (Å²) in [5.74, 6) is 0.876. The van der Waals surface area contributed by atoms with Gasteiger partial charge in [-0.2, -0.15) is 11.3 Å². The second-order valence-electron chi connectivity index (χ2n) is 9.09. The first-order valence-corrected chi connectivity index (χ1v) is 12.9.